The van der Waals surface area contributed by atoms with Crippen LogP contribution in [0.1, 0.15) is 27.0 Å². The highest BCUT2D eigenvalue weighted by Crippen LogP contribution is 2.21. The minimum Gasteiger partial charge on any atom is -0.457 e. The number of nitrogens with zero attached hydrogens (tertiary/aromatic N) is 1. The highest BCUT2D eigenvalue weighted by atomic mass is 32.2. The Morgan fingerprint density at radius 2 is 2.04 bits per heavy atom. The van der Waals surface area contributed by atoms with Gasteiger partial charge in [-0.1, -0.05) is 6.07 Å². The number of esters is 1. The predicted molar refractivity (Wildman–Crippen MR) is 85.5 cm³/mol. The molecule has 1 N–H and O–H groups in total. The molecule has 122 valence electrons. The van der Waals surface area contributed by atoms with E-state index >= 15 is 0 Å². The number of hydrogen-bond donors (Lipinski definition) is 1. The third kappa shape index (κ3) is 3.94. The molecule has 1 heterocycles. The summed E-state index contributed by atoms with van der Waals surface area (Å²) in [6.07, 6.45) is 3.23. The molecule has 0 saturated carbocycles. The van der Waals surface area contributed by atoms with Gasteiger partial charge < -0.3 is 4.74 Å². The van der Waals surface area contributed by atoms with E-state index in [2.05, 4.69) is 9.71 Å². The smallest absolute Gasteiger partial charge is 0.338 e. The Balaban J connectivity index is 2.27. The summed E-state index contributed by atoms with van der Waals surface area (Å²) < 4.78 is 31.6. The Morgan fingerprint density at radius 1 is 1.30 bits per heavy atom. The second-order valence-electron chi connectivity index (χ2n) is 5.06. The molecule has 2 aromatic rings. The summed E-state index contributed by atoms with van der Waals surface area (Å²) in [5.74, 6) is -0.579. The fourth-order valence-electron chi connectivity index (χ4n) is 2.05. The summed E-state index contributed by atoms with van der Waals surface area (Å²) in [7, 11) is -2.31. The van der Waals surface area contributed by atoms with Crippen molar-refractivity contribution in [1.29, 1.82) is 0 Å². The maximum absolute atomic E-state index is 12.2. The summed E-state index contributed by atoms with van der Waals surface area (Å²) in [6, 6.07) is 6.49. The van der Waals surface area contributed by atoms with E-state index in [1.165, 1.54) is 13.1 Å². The molecule has 0 radical (unpaired) electrons. The molecule has 0 atom stereocenters. The second kappa shape index (κ2) is 6.89. The summed E-state index contributed by atoms with van der Waals surface area (Å²) in [6.45, 7) is 3.53. The first-order valence-electron chi connectivity index (χ1n) is 6.96. The molecule has 1 aromatic carbocycles. The Labute approximate surface area is 135 Å². The van der Waals surface area contributed by atoms with Crippen LogP contribution in [-0.4, -0.2) is 26.4 Å². The SMILES string of the molecule is CNS(=O)(=O)c1cc(C(=O)OCc2cccnc2)cc(C)c1C. The summed E-state index contributed by atoms with van der Waals surface area (Å²) in [5, 5.41) is 0. The highest BCUT2D eigenvalue weighted by Gasteiger charge is 2.20. The van der Waals surface area contributed by atoms with Crippen LogP contribution < -0.4 is 4.72 Å². The standard InChI is InChI=1S/C16H18N2O4S/c1-11-7-14(8-15(12(11)2)23(20,21)17-3)16(19)22-10-13-5-4-6-18-9-13/h4-9,17H,10H2,1-3H3. The van der Waals surface area contributed by atoms with Gasteiger partial charge in [0.15, 0.2) is 0 Å². The van der Waals surface area contributed by atoms with Gasteiger partial charge in [-0.15, -0.1) is 0 Å². The Morgan fingerprint density at radius 3 is 2.65 bits per heavy atom. The van der Waals surface area contributed by atoms with E-state index < -0.39 is 16.0 Å². The number of carbonyl (C=O) groups excluding carboxylic acids is 1. The zero-order valence-corrected chi connectivity index (χ0v) is 14.0. The number of pyridine rings is 1. The van der Waals surface area contributed by atoms with Gasteiger partial charge >= 0.3 is 5.97 Å². The normalized spacial score (nSPS) is 11.3. The van der Waals surface area contributed by atoms with Crippen molar-refractivity contribution in [3.05, 3.63) is 58.9 Å². The minimum absolute atomic E-state index is 0.0771. The zero-order chi connectivity index (χ0) is 17.0. The van der Waals surface area contributed by atoms with Crippen LogP contribution in [0.4, 0.5) is 0 Å². The molecule has 0 spiro atoms. The molecular formula is C16H18N2O4S. The lowest BCUT2D eigenvalue weighted by Crippen LogP contribution is -2.21. The molecule has 2 rings (SSSR count). The first-order valence-corrected chi connectivity index (χ1v) is 8.44. The number of benzene rings is 1. The van der Waals surface area contributed by atoms with Crippen LogP contribution in [0.25, 0.3) is 0 Å². The molecule has 1 aromatic heterocycles. The monoisotopic (exact) mass is 334 g/mol. The topological polar surface area (TPSA) is 85.4 Å². The van der Waals surface area contributed by atoms with Gasteiger partial charge in [0.25, 0.3) is 0 Å². The summed E-state index contributed by atoms with van der Waals surface area (Å²) >= 11 is 0. The lowest BCUT2D eigenvalue weighted by atomic mass is 10.1. The van der Waals surface area contributed by atoms with Crippen molar-refractivity contribution in [2.75, 3.05) is 7.05 Å². The van der Waals surface area contributed by atoms with E-state index in [0.29, 0.717) is 11.1 Å². The van der Waals surface area contributed by atoms with Crippen molar-refractivity contribution in [1.82, 2.24) is 9.71 Å². The number of rotatable bonds is 5. The number of nitrogens with one attached hydrogen (secondary N) is 1. The maximum atomic E-state index is 12.2. The van der Waals surface area contributed by atoms with Crippen LogP contribution in [-0.2, 0) is 21.4 Å². The lowest BCUT2D eigenvalue weighted by Gasteiger charge is -2.12. The van der Waals surface area contributed by atoms with Crippen LogP contribution in [0.15, 0.2) is 41.6 Å². The number of hydrogen-bond acceptors (Lipinski definition) is 5. The fraction of sp³-hybridized carbons (Fsp3) is 0.250. The predicted octanol–water partition coefficient (Wildman–Crippen LogP) is 1.96. The van der Waals surface area contributed by atoms with E-state index in [1.54, 1.807) is 44.4 Å². The zero-order valence-electron chi connectivity index (χ0n) is 13.2. The van der Waals surface area contributed by atoms with Gasteiger partial charge in [-0.25, -0.2) is 17.9 Å². The Bertz CT molecular complexity index is 817. The van der Waals surface area contributed by atoms with E-state index in [0.717, 1.165) is 5.56 Å². The minimum atomic E-state index is -3.64. The molecule has 0 fully saturated rings. The average molecular weight is 334 g/mol. The molecule has 23 heavy (non-hydrogen) atoms. The van der Waals surface area contributed by atoms with Gasteiger partial charge in [0.05, 0.1) is 10.5 Å². The van der Waals surface area contributed by atoms with Crippen LogP contribution in [0, 0.1) is 13.8 Å². The summed E-state index contributed by atoms with van der Waals surface area (Å²) in [4.78, 5) is 16.2. The van der Waals surface area contributed by atoms with Crippen molar-refractivity contribution in [2.24, 2.45) is 0 Å². The van der Waals surface area contributed by atoms with Crippen LogP contribution in [0.2, 0.25) is 0 Å². The molecule has 0 saturated heterocycles. The third-order valence-corrected chi connectivity index (χ3v) is 5.05. The third-order valence-electron chi connectivity index (χ3n) is 3.51. The number of sulfonamides is 1. The van der Waals surface area contributed by atoms with Crippen molar-refractivity contribution in [3.63, 3.8) is 0 Å². The van der Waals surface area contributed by atoms with Crippen LogP contribution >= 0.6 is 0 Å². The number of aryl methyl sites for hydroxylation is 1. The van der Waals surface area contributed by atoms with Gasteiger partial charge in [0, 0.05) is 18.0 Å². The first kappa shape index (κ1) is 17.1. The average Bonchev–Trinajstić information content (AvgIpc) is 2.55. The molecule has 6 nitrogen and oxygen atoms in total. The van der Waals surface area contributed by atoms with Crippen molar-refractivity contribution in [2.45, 2.75) is 25.3 Å². The lowest BCUT2D eigenvalue weighted by molar-refractivity contribution is 0.0472. The first-order chi connectivity index (χ1) is 10.8. The van der Waals surface area contributed by atoms with Crippen molar-refractivity contribution in [3.8, 4) is 0 Å². The van der Waals surface area contributed by atoms with Crippen molar-refractivity contribution >= 4 is 16.0 Å². The number of carbonyl (C=O) groups is 1. The van der Waals surface area contributed by atoms with Gasteiger partial charge in [-0.05, 0) is 50.2 Å². The van der Waals surface area contributed by atoms with Crippen LogP contribution in [0.5, 0.6) is 0 Å². The molecular weight excluding hydrogens is 316 g/mol. The quantitative estimate of drug-likeness (QED) is 0.845. The van der Waals surface area contributed by atoms with E-state index in [-0.39, 0.29) is 17.1 Å². The summed E-state index contributed by atoms with van der Waals surface area (Å²) in [5.41, 5.74) is 2.26. The molecule has 0 aliphatic rings. The molecule has 0 unspecified atom stereocenters. The molecule has 0 amide bonds. The van der Waals surface area contributed by atoms with E-state index in [9.17, 15) is 13.2 Å². The Kier molecular flexibility index (Phi) is 5.12. The van der Waals surface area contributed by atoms with Gasteiger partial charge in [-0.2, -0.15) is 0 Å². The van der Waals surface area contributed by atoms with E-state index in [4.69, 9.17) is 4.74 Å². The fourth-order valence-corrected chi connectivity index (χ4v) is 3.12. The molecule has 0 bridgehead atoms. The maximum Gasteiger partial charge on any atom is 0.338 e. The molecule has 0 aliphatic heterocycles. The van der Waals surface area contributed by atoms with Gasteiger partial charge in [0.2, 0.25) is 10.0 Å². The Hall–Kier alpha value is -2.25. The molecule has 7 heteroatoms. The van der Waals surface area contributed by atoms with Crippen LogP contribution in [0.3, 0.4) is 0 Å². The number of aromatic nitrogens is 1. The largest absolute Gasteiger partial charge is 0.457 e. The van der Waals surface area contributed by atoms with Gasteiger partial charge in [-0.3, -0.25) is 4.98 Å². The number of ether oxygens (including phenoxy) is 1. The van der Waals surface area contributed by atoms with Gasteiger partial charge in [0.1, 0.15) is 6.61 Å². The van der Waals surface area contributed by atoms with Crippen molar-refractivity contribution < 1.29 is 17.9 Å². The molecule has 0 aliphatic carbocycles. The highest BCUT2D eigenvalue weighted by molar-refractivity contribution is 7.89. The van der Waals surface area contributed by atoms with E-state index in [1.807, 2.05) is 0 Å². The second-order valence-corrected chi connectivity index (χ2v) is 6.92.